The summed E-state index contributed by atoms with van der Waals surface area (Å²) in [7, 11) is 0. The summed E-state index contributed by atoms with van der Waals surface area (Å²) in [5, 5.41) is 6.25. The Morgan fingerprint density at radius 2 is 2.19 bits per heavy atom. The van der Waals surface area contributed by atoms with Crippen molar-refractivity contribution in [3.63, 3.8) is 0 Å². The molecule has 1 aromatic rings. The minimum atomic E-state index is -0.0928. The first-order chi connectivity index (χ1) is 10.1. The quantitative estimate of drug-likeness (QED) is 0.810. The van der Waals surface area contributed by atoms with Gasteiger partial charge in [-0.05, 0) is 25.2 Å². The summed E-state index contributed by atoms with van der Waals surface area (Å²) in [4.78, 5) is 21.2. The number of carbonyl (C=O) groups excluding carboxylic acids is 1. The van der Waals surface area contributed by atoms with E-state index in [1.54, 1.807) is 6.20 Å². The van der Waals surface area contributed by atoms with Crippen LogP contribution in [0.15, 0.2) is 6.20 Å². The average Bonchev–Trinajstić information content (AvgIpc) is 2.43. The van der Waals surface area contributed by atoms with Crippen LogP contribution >= 0.6 is 0 Å². The highest BCUT2D eigenvalue weighted by Gasteiger charge is 2.21. The molecule has 1 saturated carbocycles. The fourth-order valence-corrected chi connectivity index (χ4v) is 2.25. The Bertz CT molecular complexity index is 483. The molecular formula is C16H26N4O. The zero-order chi connectivity index (χ0) is 15.2. The van der Waals surface area contributed by atoms with Crippen molar-refractivity contribution in [2.75, 3.05) is 18.4 Å². The number of nitrogens with zero attached hydrogens (tertiary/aromatic N) is 2. The van der Waals surface area contributed by atoms with Gasteiger partial charge in [0.25, 0.3) is 5.91 Å². The van der Waals surface area contributed by atoms with Crippen molar-refractivity contribution in [3.8, 4) is 0 Å². The average molecular weight is 290 g/mol. The van der Waals surface area contributed by atoms with E-state index in [0.717, 1.165) is 25.2 Å². The number of amides is 1. The van der Waals surface area contributed by atoms with Crippen molar-refractivity contribution in [1.82, 2.24) is 15.3 Å². The van der Waals surface area contributed by atoms with Gasteiger partial charge in [-0.1, -0.05) is 27.2 Å². The molecule has 5 nitrogen and oxygen atoms in total. The minimum absolute atomic E-state index is 0.0928. The van der Waals surface area contributed by atoms with Crippen molar-refractivity contribution in [1.29, 1.82) is 0 Å². The van der Waals surface area contributed by atoms with Gasteiger partial charge in [0, 0.05) is 19.0 Å². The summed E-state index contributed by atoms with van der Waals surface area (Å²) in [5.74, 6) is 1.48. The highest BCUT2D eigenvalue weighted by molar-refractivity contribution is 5.97. The molecule has 0 aromatic carbocycles. The van der Waals surface area contributed by atoms with Crippen molar-refractivity contribution < 1.29 is 4.79 Å². The van der Waals surface area contributed by atoms with Crippen LogP contribution in [0.2, 0.25) is 0 Å². The molecule has 5 heteroatoms. The first-order valence-corrected chi connectivity index (χ1v) is 8.00. The third kappa shape index (κ3) is 4.16. The predicted molar refractivity (Wildman–Crippen MR) is 84.6 cm³/mol. The Morgan fingerprint density at radius 1 is 1.43 bits per heavy atom. The maximum Gasteiger partial charge on any atom is 0.272 e. The third-order valence-corrected chi connectivity index (χ3v) is 3.88. The van der Waals surface area contributed by atoms with Crippen LogP contribution in [0.3, 0.4) is 0 Å². The van der Waals surface area contributed by atoms with Gasteiger partial charge in [-0.25, -0.2) is 9.97 Å². The van der Waals surface area contributed by atoms with E-state index in [2.05, 4.69) is 27.5 Å². The van der Waals surface area contributed by atoms with E-state index in [0.29, 0.717) is 17.4 Å². The van der Waals surface area contributed by atoms with Crippen LogP contribution in [0.25, 0.3) is 0 Å². The molecule has 1 aliphatic carbocycles. The molecule has 116 valence electrons. The highest BCUT2D eigenvalue weighted by Crippen LogP contribution is 2.25. The van der Waals surface area contributed by atoms with Crippen LogP contribution in [0.1, 0.15) is 68.7 Å². The Labute approximate surface area is 127 Å². The molecule has 21 heavy (non-hydrogen) atoms. The van der Waals surface area contributed by atoms with Gasteiger partial charge in [-0.3, -0.25) is 4.79 Å². The molecule has 2 rings (SSSR count). The summed E-state index contributed by atoms with van der Waals surface area (Å²) < 4.78 is 0. The summed E-state index contributed by atoms with van der Waals surface area (Å²) in [5.41, 5.74) is 1.20. The first-order valence-electron chi connectivity index (χ1n) is 8.00. The van der Waals surface area contributed by atoms with Crippen LogP contribution in [-0.2, 0) is 0 Å². The van der Waals surface area contributed by atoms with Crippen LogP contribution < -0.4 is 10.6 Å². The molecule has 0 bridgehead atoms. The van der Waals surface area contributed by atoms with Gasteiger partial charge in [0.05, 0.1) is 11.9 Å². The van der Waals surface area contributed by atoms with E-state index in [9.17, 15) is 4.79 Å². The topological polar surface area (TPSA) is 66.9 Å². The van der Waals surface area contributed by atoms with Crippen molar-refractivity contribution in [2.24, 2.45) is 5.92 Å². The highest BCUT2D eigenvalue weighted by atomic mass is 16.1. The maximum absolute atomic E-state index is 12.4. The van der Waals surface area contributed by atoms with Crippen LogP contribution in [-0.4, -0.2) is 29.0 Å². The van der Waals surface area contributed by atoms with Crippen molar-refractivity contribution >= 4 is 11.6 Å². The number of carbonyl (C=O) groups is 1. The molecule has 0 saturated heterocycles. The largest absolute Gasteiger partial charge is 0.382 e. The van der Waals surface area contributed by atoms with Gasteiger partial charge in [0.15, 0.2) is 5.69 Å². The second kappa shape index (κ2) is 7.38. The van der Waals surface area contributed by atoms with Gasteiger partial charge >= 0.3 is 0 Å². The maximum atomic E-state index is 12.4. The normalized spacial score (nSPS) is 14.9. The molecule has 1 aliphatic rings. The molecule has 0 radical (unpaired) electrons. The minimum Gasteiger partial charge on any atom is -0.382 e. The van der Waals surface area contributed by atoms with E-state index in [4.69, 9.17) is 0 Å². The lowest BCUT2D eigenvalue weighted by molar-refractivity contribution is 0.0934. The molecule has 0 spiro atoms. The van der Waals surface area contributed by atoms with Gasteiger partial charge in [-0.15, -0.1) is 0 Å². The van der Waals surface area contributed by atoms with E-state index >= 15 is 0 Å². The van der Waals surface area contributed by atoms with E-state index in [1.807, 2.05) is 13.8 Å². The molecule has 1 heterocycles. The zero-order valence-corrected chi connectivity index (χ0v) is 13.3. The SMILES string of the molecule is CCCNc1cnc(C(C)C)nc1C(=O)NCC1CCC1. The zero-order valence-electron chi connectivity index (χ0n) is 13.3. The Morgan fingerprint density at radius 3 is 2.76 bits per heavy atom. The number of aromatic nitrogens is 2. The Balaban J connectivity index is 2.11. The van der Waals surface area contributed by atoms with Crippen molar-refractivity contribution in [3.05, 3.63) is 17.7 Å². The second-order valence-corrected chi connectivity index (χ2v) is 6.08. The van der Waals surface area contributed by atoms with Crippen LogP contribution in [0.4, 0.5) is 5.69 Å². The lowest BCUT2D eigenvalue weighted by Crippen LogP contribution is -2.33. The smallest absolute Gasteiger partial charge is 0.272 e. The predicted octanol–water partition coefficient (Wildman–Crippen LogP) is 2.95. The fraction of sp³-hybridized carbons (Fsp3) is 0.688. The summed E-state index contributed by atoms with van der Waals surface area (Å²) in [6.07, 6.45) is 6.46. The molecular weight excluding hydrogens is 264 g/mol. The summed E-state index contributed by atoms with van der Waals surface area (Å²) in [6.45, 7) is 7.72. The number of anilines is 1. The Kier molecular flexibility index (Phi) is 5.53. The van der Waals surface area contributed by atoms with Gasteiger partial charge < -0.3 is 10.6 Å². The second-order valence-electron chi connectivity index (χ2n) is 6.08. The van der Waals surface area contributed by atoms with E-state index < -0.39 is 0 Å². The lowest BCUT2D eigenvalue weighted by atomic mass is 9.85. The summed E-state index contributed by atoms with van der Waals surface area (Å²) >= 11 is 0. The molecule has 1 fully saturated rings. The molecule has 1 aromatic heterocycles. The lowest BCUT2D eigenvalue weighted by Gasteiger charge is -2.25. The van der Waals surface area contributed by atoms with Gasteiger partial charge in [0.1, 0.15) is 5.82 Å². The molecule has 2 N–H and O–H groups in total. The van der Waals surface area contributed by atoms with Crippen molar-refractivity contribution in [2.45, 2.75) is 52.4 Å². The van der Waals surface area contributed by atoms with Gasteiger partial charge in [-0.2, -0.15) is 0 Å². The first kappa shape index (κ1) is 15.7. The standard InChI is InChI=1S/C16H26N4O/c1-4-8-17-13-10-18-15(11(2)3)20-14(13)16(21)19-9-12-6-5-7-12/h10-12,17H,4-9H2,1-3H3,(H,19,21). The van der Waals surface area contributed by atoms with Gasteiger partial charge in [0.2, 0.25) is 0 Å². The number of hydrogen-bond donors (Lipinski definition) is 2. The number of hydrogen-bond acceptors (Lipinski definition) is 4. The van der Waals surface area contributed by atoms with E-state index in [-0.39, 0.29) is 11.8 Å². The van der Waals surface area contributed by atoms with Crippen LogP contribution in [0.5, 0.6) is 0 Å². The number of nitrogens with one attached hydrogen (secondary N) is 2. The molecule has 0 atom stereocenters. The fourth-order valence-electron chi connectivity index (χ4n) is 2.25. The summed E-state index contributed by atoms with van der Waals surface area (Å²) in [6, 6.07) is 0. The monoisotopic (exact) mass is 290 g/mol. The van der Waals surface area contributed by atoms with E-state index in [1.165, 1.54) is 19.3 Å². The molecule has 1 amide bonds. The third-order valence-electron chi connectivity index (χ3n) is 3.88. The molecule has 0 unspecified atom stereocenters. The number of rotatable bonds is 7. The molecule has 0 aliphatic heterocycles. The Hall–Kier alpha value is -1.65. The van der Waals surface area contributed by atoms with Crippen LogP contribution in [0, 0.1) is 5.92 Å².